The lowest BCUT2D eigenvalue weighted by molar-refractivity contribution is 0.102. The molecule has 1 amide bonds. The number of sulfonamides is 1. The first-order chi connectivity index (χ1) is 15.7. The summed E-state index contributed by atoms with van der Waals surface area (Å²) in [6, 6.07) is 5.18. The summed E-state index contributed by atoms with van der Waals surface area (Å²) in [6.07, 6.45) is 1.17. The molecular formula is C20H30ClN7O4S. The van der Waals surface area contributed by atoms with E-state index in [4.69, 9.17) is 21.8 Å². The third-order valence-corrected chi connectivity index (χ3v) is 7.42. The summed E-state index contributed by atoms with van der Waals surface area (Å²) in [7, 11) is 0.627. The number of likely N-dealkylation sites (N-methyl/N-ethyl adjacent to an activating group) is 1. The molecule has 2 heterocycles. The van der Waals surface area contributed by atoms with Crippen LogP contribution < -0.4 is 21.3 Å². The summed E-state index contributed by atoms with van der Waals surface area (Å²) >= 11 is 6.25. The van der Waals surface area contributed by atoms with E-state index in [1.54, 1.807) is 12.1 Å². The van der Waals surface area contributed by atoms with E-state index < -0.39 is 15.9 Å². The van der Waals surface area contributed by atoms with E-state index >= 15 is 0 Å². The first kappa shape index (κ1) is 25.2. The molecule has 4 N–H and O–H groups in total. The standard InChI is InChI=1S/C20H30ClN7O4S/c1-26(2)7-5-23-6-12-33(30,31)28-10-8-27(9-11-28)15-3-4-16(21)17(13-15)24-19(29)18-14-32-20(22)25-18/h3-4,13-14,23H,5-12H2,1-2H3,(H2,22,25)(H,24,29). The van der Waals surface area contributed by atoms with Gasteiger partial charge in [0.15, 0.2) is 5.69 Å². The number of anilines is 3. The van der Waals surface area contributed by atoms with Crippen molar-refractivity contribution in [2.24, 2.45) is 0 Å². The van der Waals surface area contributed by atoms with Crippen LogP contribution in [0, 0.1) is 0 Å². The van der Waals surface area contributed by atoms with Crippen LogP contribution in [0.1, 0.15) is 10.5 Å². The number of hydrogen-bond donors (Lipinski definition) is 3. The Balaban J connectivity index is 1.55. The van der Waals surface area contributed by atoms with Gasteiger partial charge in [0.1, 0.15) is 6.26 Å². The number of carbonyl (C=O) groups excluding carboxylic acids is 1. The van der Waals surface area contributed by atoms with Gasteiger partial charge in [0.2, 0.25) is 10.0 Å². The largest absolute Gasteiger partial charge is 0.431 e. The highest BCUT2D eigenvalue weighted by molar-refractivity contribution is 7.89. The Morgan fingerprint density at radius 1 is 1.24 bits per heavy atom. The number of piperazine rings is 1. The molecule has 2 aromatic rings. The second kappa shape index (κ2) is 11.2. The summed E-state index contributed by atoms with van der Waals surface area (Å²) in [5.41, 5.74) is 6.70. The number of nitrogens with two attached hydrogens (primary N) is 1. The van der Waals surface area contributed by atoms with Gasteiger partial charge in [-0.25, -0.2) is 8.42 Å². The maximum Gasteiger partial charge on any atom is 0.292 e. The number of amides is 1. The molecule has 3 rings (SSSR count). The van der Waals surface area contributed by atoms with Gasteiger partial charge >= 0.3 is 0 Å². The lowest BCUT2D eigenvalue weighted by Gasteiger charge is -2.35. The third kappa shape index (κ3) is 7.05. The zero-order valence-corrected chi connectivity index (χ0v) is 20.3. The minimum absolute atomic E-state index is 0.0454. The minimum atomic E-state index is -3.32. The lowest BCUT2D eigenvalue weighted by atomic mass is 10.2. The van der Waals surface area contributed by atoms with E-state index in [0.717, 1.165) is 18.8 Å². The van der Waals surface area contributed by atoms with E-state index in [1.807, 2.05) is 25.1 Å². The maximum absolute atomic E-state index is 12.7. The summed E-state index contributed by atoms with van der Waals surface area (Å²) < 4.78 is 31.7. The van der Waals surface area contributed by atoms with Crippen molar-refractivity contribution in [3.63, 3.8) is 0 Å². The van der Waals surface area contributed by atoms with Crippen LogP contribution in [0.5, 0.6) is 0 Å². The molecule has 1 aliphatic heterocycles. The second-order valence-corrected chi connectivity index (χ2v) is 10.4. The van der Waals surface area contributed by atoms with Crippen molar-refractivity contribution in [2.45, 2.75) is 0 Å². The fraction of sp³-hybridized carbons (Fsp3) is 0.500. The van der Waals surface area contributed by atoms with Gasteiger partial charge in [-0.05, 0) is 32.3 Å². The molecule has 182 valence electrons. The Morgan fingerprint density at radius 2 is 1.97 bits per heavy atom. The molecule has 1 aliphatic rings. The van der Waals surface area contributed by atoms with Crippen molar-refractivity contribution in [1.82, 2.24) is 19.5 Å². The molecule has 0 bridgehead atoms. The summed E-state index contributed by atoms with van der Waals surface area (Å²) in [4.78, 5) is 20.2. The number of oxazole rings is 1. The molecule has 0 unspecified atom stereocenters. The molecule has 0 radical (unpaired) electrons. The monoisotopic (exact) mass is 499 g/mol. The van der Waals surface area contributed by atoms with E-state index in [1.165, 1.54) is 10.6 Å². The van der Waals surface area contributed by atoms with Crippen LogP contribution in [-0.2, 0) is 10.0 Å². The molecule has 0 aliphatic carbocycles. The molecule has 11 nitrogen and oxygen atoms in total. The number of benzene rings is 1. The topological polar surface area (TPSA) is 137 Å². The number of halogens is 1. The van der Waals surface area contributed by atoms with Crippen LogP contribution >= 0.6 is 11.6 Å². The average Bonchev–Trinajstić information content (AvgIpc) is 3.21. The molecule has 1 fully saturated rings. The second-order valence-electron chi connectivity index (χ2n) is 7.94. The zero-order chi connectivity index (χ0) is 24.0. The van der Waals surface area contributed by atoms with Gasteiger partial charge in [0, 0.05) is 51.5 Å². The Bertz CT molecular complexity index is 1050. The summed E-state index contributed by atoms with van der Waals surface area (Å²) in [5, 5.41) is 6.23. The lowest BCUT2D eigenvalue weighted by Crippen LogP contribution is -2.50. The van der Waals surface area contributed by atoms with Crippen LogP contribution in [0.4, 0.5) is 17.4 Å². The van der Waals surface area contributed by atoms with Gasteiger partial charge in [0.25, 0.3) is 11.9 Å². The number of nitrogens with zero attached hydrogens (tertiary/aromatic N) is 4. The van der Waals surface area contributed by atoms with Gasteiger partial charge in [-0.2, -0.15) is 9.29 Å². The van der Waals surface area contributed by atoms with Crippen LogP contribution in [0.15, 0.2) is 28.9 Å². The van der Waals surface area contributed by atoms with Crippen molar-refractivity contribution < 1.29 is 17.6 Å². The smallest absolute Gasteiger partial charge is 0.292 e. The molecule has 0 saturated carbocycles. The van der Waals surface area contributed by atoms with Crippen molar-refractivity contribution in [3.05, 3.63) is 35.2 Å². The Labute approximate surface area is 198 Å². The van der Waals surface area contributed by atoms with E-state index in [-0.39, 0.29) is 17.5 Å². The highest BCUT2D eigenvalue weighted by Crippen LogP contribution is 2.29. The average molecular weight is 500 g/mol. The van der Waals surface area contributed by atoms with E-state index in [9.17, 15) is 13.2 Å². The summed E-state index contributed by atoms with van der Waals surface area (Å²) in [6.45, 7) is 3.87. The number of nitrogen functional groups attached to an aromatic ring is 1. The van der Waals surface area contributed by atoms with Gasteiger partial charge in [-0.3, -0.25) is 4.79 Å². The molecule has 1 saturated heterocycles. The predicted octanol–water partition coefficient (Wildman–Crippen LogP) is 0.766. The summed E-state index contributed by atoms with van der Waals surface area (Å²) in [5.74, 6) is -0.422. The Hall–Kier alpha value is -2.38. The Morgan fingerprint density at radius 3 is 2.61 bits per heavy atom. The highest BCUT2D eigenvalue weighted by atomic mass is 35.5. The van der Waals surface area contributed by atoms with Crippen molar-refractivity contribution in [1.29, 1.82) is 0 Å². The van der Waals surface area contributed by atoms with Crippen LogP contribution in [0.2, 0.25) is 5.02 Å². The molecular weight excluding hydrogens is 470 g/mol. The van der Waals surface area contributed by atoms with E-state index in [2.05, 4.69) is 20.5 Å². The van der Waals surface area contributed by atoms with Crippen molar-refractivity contribution >= 4 is 44.9 Å². The first-order valence-electron chi connectivity index (χ1n) is 10.6. The number of carbonyl (C=O) groups is 1. The third-order valence-electron chi connectivity index (χ3n) is 5.22. The fourth-order valence-electron chi connectivity index (χ4n) is 3.37. The number of nitrogens with one attached hydrogen (secondary N) is 2. The maximum atomic E-state index is 12.7. The molecule has 33 heavy (non-hydrogen) atoms. The highest BCUT2D eigenvalue weighted by Gasteiger charge is 2.27. The Kier molecular flexibility index (Phi) is 8.54. The van der Waals surface area contributed by atoms with Crippen molar-refractivity contribution in [3.8, 4) is 0 Å². The SMILES string of the molecule is CN(C)CCNCCS(=O)(=O)N1CCN(c2ccc(Cl)c(NC(=O)c3coc(N)n3)c2)CC1. The van der Waals surface area contributed by atoms with Crippen LogP contribution in [-0.4, -0.2) is 94.2 Å². The first-order valence-corrected chi connectivity index (χ1v) is 12.5. The van der Waals surface area contributed by atoms with Gasteiger partial charge in [-0.1, -0.05) is 11.6 Å². The van der Waals surface area contributed by atoms with Crippen LogP contribution in [0.3, 0.4) is 0 Å². The molecule has 0 atom stereocenters. The van der Waals surface area contributed by atoms with Crippen molar-refractivity contribution in [2.75, 3.05) is 81.6 Å². The van der Waals surface area contributed by atoms with Gasteiger partial charge in [0.05, 0.1) is 16.5 Å². The normalized spacial score (nSPS) is 15.2. The van der Waals surface area contributed by atoms with Gasteiger partial charge in [-0.15, -0.1) is 0 Å². The minimum Gasteiger partial charge on any atom is -0.431 e. The molecule has 13 heteroatoms. The predicted molar refractivity (Wildman–Crippen MR) is 129 cm³/mol. The molecule has 1 aromatic heterocycles. The molecule has 0 spiro atoms. The number of hydrogen-bond acceptors (Lipinski definition) is 9. The number of aromatic nitrogens is 1. The zero-order valence-electron chi connectivity index (χ0n) is 18.8. The molecule has 1 aromatic carbocycles. The quantitative estimate of drug-likeness (QED) is 0.404. The fourth-order valence-corrected chi connectivity index (χ4v) is 4.91. The van der Waals surface area contributed by atoms with E-state index in [0.29, 0.717) is 43.4 Å². The van der Waals surface area contributed by atoms with Gasteiger partial charge < -0.3 is 30.6 Å². The number of rotatable bonds is 10. The van der Waals surface area contributed by atoms with Crippen LogP contribution in [0.25, 0.3) is 0 Å².